The fourth-order valence-electron chi connectivity index (χ4n) is 0.593. The van der Waals surface area contributed by atoms with Crippen molar-refractivity contribution >= 4 is 29.4 Å². The van der Waals surface area contributed by atoms with Crippen molar-refractivity contribution in [3.63, 3.8) is 0 Å². The highest BCUT2D eigenvalue weighted by Crippen LogP contribution is 2.29. The summed E-state index contributed by atoms with van der Waals surface area (Å²) in [5.74, 6) is 0. The zero-order valence-corrected chi connectivity index (χ0v) is 6.52. The molecule has 0 saturated carbocycles. The van der Waals surface area contributed by atoms with E-state index in [9.17, 15) is 0 Å². The molecule has 0 N–H and O–H groups in total. The summed E-state index contributed by atoms with van der Waals surface area (Å²) in [6.45, 7) is 0.236. The molecule has 4 heteroatoms. The molecule has 0 aliphatic carbocycles. The first-order valence-corrected chi connectivity index (χ1v) is 3.41. The molecule has 1 unspecified atom stereocenters. The maximum atomic E-state index is 8.54. The molecule has 0 spiro atoms. The summed E-state index contributed by atoms with van der Waals surface area (Å²) in [7, 11) is 0. The third-order valence-corrected chi connectivity index (χ3v) is 2.14. The van der Waals surface area contributed by atoms with E-state index in [-0.39, 0.29) is 6.54 Å². The lowest BCUT2D eigenvalue weighted by molar-refractivity contribution is 0.855. The Labute approximate surface area is 68.8 Å². The van der Waals surface area contributed by atoms with Crippen LogP contribution in [0.5, 0.6) is 0 Å². The molecule has 0 aromatic rings. The van der Waals surface area contributed by atoms with Crippen molar-refractivity contribution in [3.8, 4) is 6.07 Å². The van der Waals surface area contributed by atoms with Crippen molar-refractivity contribution in [1.29, 1.82) is 5.26 Å². The average Bonchev–Trinajstić information content (AvgIpc) is 1.96. The molecule has 0 radical (unpaired) electrons. The van der Waals surface area contributed by atoms with Crippen molar-refractivity contribution in [2.45, 2.75) is 4.87 Å². The van der Waals surface area contributed by atoms with E-state index in [1.54, 1.807) is 6.21 Å². The third kappa shape index (κ3) is 1.16. The predicted molar refractivity (Wildman–Crippen MR) is 41.5 cm³/mol. The van der Waals surface area contributed by atoms with Gasteiger partial charge in [-0.1, -0.05) is 23.2 Å². The molecule has 1 aliphatic rings. The van der Waals surface area contributed by atoms with E-state index in [2.05, 4.69) is 4.99 Å². The lowest BCUT2D eigenvalue weighted by atomic mass is 10.1. The number of dihydropyridines is 1. The van der Waals surface area contributed by atoms with Crippen LogP contribution in [0.3, 0.4) is 0 Å². The van der Waals surface area contributed by atoms with Crippen LogP contribution in [0.2, 0.25) is 0 Å². The molecule has 1 rings (SSSR count). The molecule has 1 aliphatic heterocycles. The summed E-state index contributed by atoms with van der Waals surface area (Å²) in [5.41, 5.74) is 0. The first kappa shape index (κ1) is 7.59. The van der Waals surface area contributed by atoms with Crippen molar-refractivity contribution in [2.75, 3.05) is 6.54 Å². The van der Waals surface area contributed by atoms with Gasteiger partial charge in [-0.3, -0.25) is 4.99 Å². The Bertz CT molecular complexity index is 239. The van der Waals surface area contributed by atoms with Gasteiger partial charge < -0.3 is 0 Å². The number of halogens is 2. The second-order valence-corrected chi connectivity index (χ2v) is 2.97. The minimum Gasteiger partial charge on any atom is -0.290 e. The number of hydrogen-bond acceptors (Lipinski definition) is 2. The molecule has 0 bridgehead atoms. The van der Waals surface area contributed by atoms with E-state index < -0.39 is 4.87 Å². The van der Waals surface area contributed by atoms with Gasteiger partial charge in [0.05, 0.1) is 17.6 Å². The highest BCUT2D eigenvalue weighted by atomic mass is 35.5. The van der Waals surface area contributed by atoms with Crippen molar-refractivity contribution in [1.82, 2.24) is 0 Å². The van der Waals surface area contributed by atoms with Gasteiger partial charge in [-0.15, -0.1) is 0 Å². The molecule has 10 heavy (non-hydrogen) atoms. The zero-order chi connectivity index (χ0) is 7.61. The number of aliphatic imine (C=N–C) groups is 1. The summed E-state index contributed by atoms with van der Waals surface area (Å²) >= 11 is 11.4. The first-order chi connectivity index (χ1) is 4.69. The van der Waals surface area contributed by atoms with Gasteiger partial charge in [-0.05, 0) is 6.08 Å². The van der Waals surface area contributed by atoms with Crippen molar-refractivity contribution in [2.24, 2.45) is 4.99 Å². The Balaban J connectivity index is 2.95. The smallest absolute Gasteiger partial charge is 0.185 e. The molecular formula is C6H4Cl2N2. The predicted octanol–water partition coefficient (Wildman–Crippen LogP) is 1.69. The number of allylic oxidation sites excluding steroid dienone is 1. The van der Waals surface area contributed by atoms with Gasteiger partial charge in [-0.25, -0.2) is 0 Å². The molecule has 1 atom stereocenters. The molecule has 52 valence electrons. The molecule has 0 amide bonds. The van der Waals surface area contributed by atoms with Gasteiger partial charge >= 0.3 is 0 Å². The lowest BCUT2D eigenvalue weighted by Crippen LogP contribution is -2.25. The van der Waals surface area contributed by atoms with Crippen LogP contribution in [-0.4, -0.2) is 17.6 Å². The Kier molecular flexibility index (Phi) is 1.98. The highest BCUT2D eigenvalue weighted by molar-refractivity contribution is 6.41. The SMILES string of the molecule is N#CC1(Cl)CN=CC=C1Cl. The van der Waals surface area contributed by atoms with Crippen molar-refractivity contribution < 1.29 is 0 Å². The molecule has 0 saturated heterocycles. The monoisotopic (exact) mass is 174 g/mol. The molecular weight excluding hydrogens is 171 g/mol. The van der Waals surface area contributed by atoms with Crippen LogP contribution >= 0.6 is 23.2 Å². The normalized spacial score (nSPS) is 31.1. The Morgan fingerprint density at radius 3 is 2.90 bits per heavy atom. The van der Waals surface area contributed by atoms with E-state index in [0.29, 0.717) is 5.03 Å². The Hall–Kier alpha value is -0.520. The van der Waals surface area contributed by atoms with E-state index in [0.717, 1.165) is 0 Å². The summed E-state index contributed by atoms with van der Waals surface area (Å²) < 4.78 is 0. The molecule has 2 nitrogen and oxygen atoms in total. The quantitative estimate of drug-likeness (QED) is 0.516. The Morgan fingerprint density at radius 2 is 2.50 bits per heavy atom. The van der Waals surface area contributed by atoms with Gasteiger partial charge in [-0.2, -0.15) is 5.26 Å². The van der Waals surface area contributed by atoms with E-state index >= 15 is 0 Å². The molecule has 0 aromatic carbocycles. The zero-order valence-electron chi connectivity index (χ0n) is 5.01. The van der Waals surface area contributed by atoms with Gasteiger partial charge in [0, 0.05) is 6.21 Å². The fourth-order valence-corrected chi connectivity index (χ4v) is 0.883. The molecule has 1 heterocycles. The summed E-state index contributed by atoms with van der Waals surface area (Å²) in [6.07, 6.45) is 3.07. The van der Waals surface area contributed by atoms with E-state index in [1.807, 2.05) is 6.07 Å². The third-order valence-electron chi connectivity index (χ3n) is 1.19. The van der Waals surface area contributed by atoms with Crippen LogP contribution in [0.25, 0.3) is 0 Å². The van der Waals surface area contributed by atoms with Gasteiger partial charge in [0.25, 0.3) is 0 Å². The van der Waals surface area contributed by atoms with Crippen LogP contribution in [-0.2, 0) is 0 Å². The number of rotatable bonds is 0. The number of hydrogen-bond donors (Lipinski definition) is 0. The first-order valence-electron chi connectivity index (χ1n) is 2.65. The summed E-state index contributed by atoms with van der Waals surface area (Å²) in [6, 6.07) is 1.88. The summed E-state index contributed by atoms with van der Waals surface area (Å²) in [4.78, 5) is 2.70. The standard InChI is InChI=1S/C6H4Cl2N2/c7-5-1-2-10-4-6(5,8)3-9/h1-2H,4H2. The maximum absolute atomic E-state index is 8.54. The number of alkyl halides is 1. The lowest BCUT2D eigenvalue weighted by Gasteiger charge is -2.17. The van der Waals surface area contributed by atoms with Gasteiger partial charge in [0.1, 0.15) is 0 Å². The second-order valence-electron chi connectivity index (χ2n) is 1.92. The summed E-state index contributed by atoms with van der Waals surface area (Å²) in [5, 5.41) is 8.88. The minimum absolute atomic E-state index is 0.236. The number of nitriles is 1. The average molecular weight is 175 g/mol. The Morgan fingerprint density at radius 1 is 1.80 bits per heavy atom. The van der Waals surface area contributed by atoms with Crippen LogP contribution in [0.4, 0.5) is 0 Å². The van der Waals surface area contributed by atoms with E-state index in [1.165, 1.54) is 6.08 Å². The second kappa shape index (κ2) is 2.61. The number of nitrogens with zero attached hydrogens (tertiary/aromatic N) is 2. The van der Waals surface area contributed by atoms with Crippen molar-refractivity contribution in [3.05, 3.63) is 11.1 Å². The van der Waals surface area contributed by atoms with Crippen LogP contribution in [0.1, 0.15) is 0 Å². The largest absolute Gasteiger partial charge is 0.290 e. The van der Waals surface area contributed by atoms with Gasteiger partial charge in [0.2, 0.25) is 0 Å². The molecule has 0 aromatic heterocycles. The minimum atomic E-state index is -1.11. The van der Waals surface area contributed by atoms with Crippen LogP contribution in [0.15, 0.2) is 16.1 Å². The highest BCUT2D eigenvalue weighted by Gasteiger charge is 2.31. The van der Waals surface area contributed by atoms with Crippen LogP contribution < -0.4 is 0 Å². The van der Waals surface area contributed by atoms with Gasteiger partial charge in [0.15, 0.2) is 4.87 Å². The fraction of sp³-hybridized carbons (Fsp3) is 0.333. The topological polar surface area (TPSA) is 36.1 Å². The maximum Gasteiger partial charge on any atom is 0.185 e. The van der Waals surface area contributed by atoms with Crippen LogP contribution in [0, 0.1) is 11.3 Å². The van der Waals surface area contributed by atoms with E-state index in [4.69, 9.17) is 28.5 Å². The molecule has 0 fully saturated rings.